The zero-order valence-corrected chi connectivity index (χ0v) is 13.8. The Hall–Kier alpha value is -3.58. The van der Waals surface area contributed by atoms with Crippen molar-refractivity contribution in [3.63, 3.8) is 0 Å². The molecule has 0 unspecified atom stereocenters. The van der Waals surface area contributed by atoms with Gasteiger partial charge in [-0.15, -0.1) is 0 Å². The molecule has 3 rings (SSSR count). The number of nitrogens with one attached hydrogen (secondary N) is 1. The van der Waals surface area contributed by atoms with Crippen LogP contribution in [0.2, 0.25) is 0 Å². The molecule has 14 heteroatoms. The van der Waals surface area contributed by atoms with Crippen molar-refractivity contribution < 1.29 is 27.3 Å². The maximum atomic E-state index is 13.1. The van der Waals surface area contributed by atoms with E-state index >= 15 is 0 Å². The molecule has 0 atom stereocenters. The Kier molecular flexibility index (Phi) is 5.19. The van der Waals surface area contributed by atoms with Crippen LogP contribution in [0.25, 0.3) is 5.65 Å². The number of hydrogen-bond acceptors (Lipinski definition) is 6. The van der Waals surface area contributed by atoms with Gasteiger partial charge in [-0.1, -0.05) is 0 Å². The van der Waals surface area contributed by atoms with Crippen LogP contribution in [0.3, 0.4) is 0 Å². The van der Waals surface area contributed by atoms with Gasteiger partial charge in [0, 0.05) is 12.6 Å². The van der Waals surface area contributed by atoms with E-state index in [0.717, 1.165) is 12.3 Å². The largest absolute Gasteiger partial charge is 0.349 e. The number of alkyl halides is 4. The monoisotopic (exact) mass is 401 g/mol. The number of nitrogens with zero attached hydrogens (tertiary/aromatic N) is 6. The van der Waals surface area contributed by atoms with Crippen LogP contribution in [-0.2, 0) is 6.54 Å². The molecule has 0 spiro atoms. The third-order valence-electron chi connectivity index (χ3n) is 3.61. The first-order chi connectivity index (χ1) is 13.3. The average molecular weight is 401 g/mol. The molecule has 0 radical (unpaired) electrons. The van der Waals surface area contributed by atoms with E-state index in [4.69, 9.17) is 0 Å². The first-order valence-corrected chi connectivity index (χ1v) is 7.68. The van der Waals surface area contributed by atoms with Gasteiger partial charge in [-0.3, -0.25) is 19.6 Å². The van der Waals surface area contributed by atoms with E-state index in [1.807, 2.05) is 0 Å². The van der Waals surface area contributed by atoms with Gasteiger partial charge in [-0.25, -0.2) is 27.1 Å². The molecule has 0 saturated carbocycles. The summed E-state index contributed by atoms with van der Waals surface area (Å²) in [6.07, 6.45) is -3.95. The lowest BCUT2D eigenvalue weighted by Gasteiger charge is -2.06. The van der Waals surface area contributed by atoms with Crippen molar-refractivity contribution >= 4 is 17.2 Å². The Morgan fingerprint density at radius 1 is 1.25 bits per heavy atom. The highest BCUT2D eigenvalue weighted by molar-refractivity contribution is 5.93. The number of fused-ring (bicyclic) bond motifs is 1. The molecule has 3 aromatic heterocycles. The molecule has 28 heavy (non-hydrogen) atoms. The van der Waals surface area contributed by atoms with Crippen LogP contribution < -0.4 is 5.32 Å². The summed E-state index contributed by atoms with van der Waals surface area (Å²) in [5.74, 6) is -0.758. The molecule has 3 heterocycles. The highest BCUT2D eigenvalue weighted by Crippen LogP contribution is 2.25. The molecule has 0 fully saturated rings. The highest BCUT2D eigenvalue weighted by atomic mass is 19.3. The Bertz CT molecular complexity index is 1030. The molecular weight excluding hydrogens is 390 g/mol. The van der Waals surface area contributed by atoms with Gasteiger partial charge in [-0.05, 0) is 6.07 Å². The predicted octanol–water partition coefficient (Wildman–Crippen LogP) is 2.14. The summed E-state index contributed by atoms with van der Waals surface area (Å²) in [6, 6.07) is 1.54. The summed E-state index contributed by atoms with van der Waals surface area (Å²) in [7, 11) is 0. The van der Waals surface area contributed by atoms with Gasteiger partial charge in [0.1, 0.15) is 23.8 Å². The number of carbonyl (C=O) groups is 1. The Morgan fingerprint density at radius 2 is 2.00 bits per heavy atom. The van der Waals surface area contributed by atoms with Crippen molar-refractivity contribution in [3.05, 3.63) is 51.7 Å². The minimum absolute atomic E-state index is 0.00293. The van der Waals surface area contributed by atoms with E-state index in [-0.39, 0.29) is 30.1 Å². The van der Waals surface area contributed by atoms with Crippen molar-refractivity contribution in [2.45, 2.75) is 19.4 Å². The number of nitro groups is 1. The van der Waals surface area contributed by atoms with Crippen molar-refractivity contribution in [2.75, 3.05) is 6.54 Å². The van der Waals surface area contributed by atoms with Gasteiger partial charge in [-0.2, -0.15) is 10.2 Å². The standard InChI is InChI=1S/C14H11F4N7O3/c15-12(16)8-3-10(13(17)18)24-11(21-8)4-9(22-24)14(26)19-1-2-23-6-7(5-20-23)25(27)28/h3-6,12-13H,1-2H2,(H,19,26). The zero-order chi connectivity index (χ0) is 20.4. The van der Waals surface area contributed by atoms with E-state index in [1.54, 1.807) is 0 Å². The minimum atomic E-state index is -3.10. The fraction of sp³-hybridized carbons (Fsp3) is 0.286. The van der Waals surface area contributed by atoms with Crippen LogP contribution >= 0.6 is 0 Å². The van der Waals surface area contributed by atoms with Gasteiger partial charge in [0.2, 0.25) is 0 Å². The smallest absolute Gasteiger partial charge is 0.306 e. The maximum absolute atomic E-state index is 13.1. The molecule has 0 aliphatic rings. The number of hydrogen-bond donors (Lipinski definition) is 1. The van der Waals surface area contributed by atoms with Gasteiger partial charge in [0.05, 0.1) is 11.5 Å². The third kappa shape index (κ3) is 3.89. The first kappa shape index (κ1) is 19.2. The third-order valence-corrected chi connectivity index (χ3v) is 3.61. The van der Waals surface area contributed by atoms with Crippen LogP contribution in [0.4, 0.5) is 23.2 Å². The van der Waals surface area contributed by atoms with Gasteiger partial charge < -0.3 is 5.32 Å². The fourth-order valence-corrected chi connectivity index (χ4v) is 2.34. The van der Waals surface area contributed by atoms with E-state index < -0.39 is 35.1 Å². The molecule has 1 amide bonds. The molecular formula is C14H11F4N7O3. The lowest BCUT2D eigenvalue weighted by molar-refractivity contribution is -0.385. The van der Waals surface area contributed by atoms with Crippen molar-refractivity contribution in [3.8, 4) is 0 Å². The van der Waals surface area contributed by atoms with E-state index in [0.29, 0.717) is 10.6 Å². The molecule has 0 bridgehead atoms. The Labute approximate surface area is 152 Å². The van der Waals surface area contributed by atoms with E-state index in [9.17, 15) is 32.5 Å². The number of halogens is 4. The maximum Gasteiger partial charge on any atom is 0.306 e. The summed E-state index contributed by atoms with van der Waals surface area (Å²) < 4.78 is 53.7. The van der Waals surface area contributed by atoms with Crippen molar-refractivity contribution in [2.24, 2.45) is 0 Å². The average Bonchev–Trinajstić information content (AvgIpc) is 3.27. The molecule has 3 aromatic rings. The first-order valence-electron chi connectivity index (χ1n) is 7.68. The SMILES string of the molecule is O=C(NCCn1cc([N+](=O)[O-])cn1)c1cc2nc(C(F)F)cc(C(F)F)n2n1. The van der Waals surface area contributed by atoms with Crippen LogP contribution in [0, 0.1) is 10.1 Å². The fourth-order valence-electron chi connectivity index (χ4n) is 2.34. The topological polar surface area (TPSA) is 120 Å². The van der Waals surface area contributed by atoms with Crippen LogP contribution in [0.5, 0.6) is 0 Å². The zero-order valence-electron chi connectivity index (χ0n) is 13.8. The molecule has 1 N–H and O–H groups in total. The highest BCUT2D eigenvalue weighted by Gasteiger charge is 2.22. The molecule has 148 valence electrons. The summed E-state index contributed by atoms with van der Waals surface area (Å²) >= 11 is 0. The Morgan fingerprint density at radius 3 is 2.61 bits per heavy atom. The van der Waals surface area contributed by atoms with Crippen LogP contribution in [-0.4, -0.2) is 41.8 Å². The predicted molar refractivity (Wildman–Crippen MR) is 84.1 cm³/mol. The minimum Gasteiger partial charge on any atom is -0.349 e. The molecule has 10 nitrogen and oxygen atoms in total. The normalized spacial score (nSPS) is 11.5. The van der Waals surface area contributed by atoms with Crippen molar-refractivity contribution in [1.29, 1.82) is 0 Å². The van der Waals surface area contributed by atoms with Crippen LogP contribution in [0.1, 0.15) is 34.7 Å². The Balaban J connectivity index is 1.74. The number of rotatable bonds is 7. The lowest BCUT2D eigenvalue weighted by atomic mass is 10.3. The molecule has 0 saturated heterocycles. The van der Waals surface area contributed by atoms with Crippen LogP contribution in [0.15, 0.2) is 24.5 Å². The van der Waals surface area contributed by atoms with Crippen molar-refractivity contribution in [1.82, 2.24) is 29.7 Å². The quantitative estimate of drug-likeness (QED) is 0.368. The second-order valence-corrected chi connectivity index (χ2v) is 5.48. The summed E-state index contributed by atoms with van der Waals surface area (Å²) in [6.45, 7) is 0.103. The summed E-state index contributed by atoms with van der Waals surface area (Å²) in [4.78, 5) is 25.6. The van der Waals surface area contributed by atoms with E-state index in [1.165, 1.54) is 10.9 Å². The molecule has 0 aliphatic carbocycles. The number of amides is 1. The van der Waals surface area contributed by atoms with Gasteiger partial charge in [0.15, 0.2) is 11.3 Å². The molecule has 0 aromatic carbocycles. The van der Waals surface area contributed by atoms with Gasteiger partial charge >= 0.3 is 5.69 Å². The van der Waals surface area contributed by atoms with E-state index in [2.05, 4.69) is 20.5 Å². The summed E-state index contributed by atoms with van der Waals surface area (Å²) in [5.41, 5.74) is -2.50. The van der Waals surface area contributed by atoms with Gasteiger partial charge in [0.25, 0.3) is 18.8 Å². The number of aromatic nitrogens is 5. The number of carbonyl (C=O) groups excluding carboxylic acids is 1. The second kappa shape index (κ2) is 7.58. The lowest BCUT2D eigenvalue weighted by Crippen LogP contribution is -2.27. The molecule has 0 aliphatic heterocycles. The second-order valence-electron chi connectivity index (χ2n) is 5.48. The summed E-state index contributed by atoms with van der Waals surface area (Å²) in [5, 5.41) is 20.4.